The first kappa shape index (κ1) is 16.7. The molecule has 0 fully saturated rings. The van der Waals surface area contributed by atoms with Crippen LogP contribution in [0.15, 0.2) is 48.5 Å². The first-order valence-corrected chi connectivity index (χ1v) is 6.95. The molecule has 2 rings (SSSR count). The quantitative estimate of drug-likeness (QED) is 0.620. The second kappa shape index (κ2) is 8.11. The maximum Gasteiger partial charge on any atom is 0.281 e. The number of nitro benzene ring substituents is 1. The summed E-state index contributed by atoms with van der Waals surface area (Å²) in [6.07, 6.45) is 0. The molecule has 1 amide bonds. The van der Waals surface area contributed by atoms with Crippen molar-refractivity contribution in [3.63, 3.8) is 0 Å². The van der Waals surface area contributed by atoms with E-state index in [-0.39, 0.29) is 29.7 Å². The molecule has 0 aliphatic carbocycles. The third-order valence-corrected chi connectivity index (χ3v) is 3.05. The minimum absolute atomic E-state index is 0.0530. The van der Waals surface area contributed by atoms with Gasteiger partial charge in [-0.1, -0.05) is 41.9 Å². The van der Waals surface area contributed by atoms with Crippen molar-refractivity contribution in [1.29, 1.82) is 0 Å². The number of hydrogen-bond acceptors (Lipinski definition) is 5. The molecule has 0 aliphatic rings. The SMILES string of the molecule is O=C(COc1ccc([N+](=O)[O-])cc1Cl)NOCc1ccccc1. The predicted molar refractivity (Wildman–Crippen MR) is 83.0 cm³/mol. The Morgan fingerprint density at radius 1 is 1.22 bits per heavy atom. The molecule has 0 aromatic heterocycles. The van der Waals surface area contributed by atoms with E-state index in [1.54, 1.807) is 0 Å². The van der Waals surface area contributed by atoms with Gasteiger partial charge in [-0.15, -0.1) is 0 Å². The summed E-state index contributed by atoms with van der Waals surface area (Å²) in [4.78, 5) is 26.7. The average molecular weight is 337 g/mol. The minimum atomic E-state index is -0.570. The van der Waals surface area contributed by atoms with Crippen molar-refractivity contribution in [3.8, 4) is 5.75 Å². The van der Waals surface area contributed by atoms with Crippen LogP contribution in [0.4, 0.5) is 5.69 Å². The molecule has 1 N–H and O–H groups in total. The van der Waals surface area contributed by atoms with Gasteiger partial charge in [0.15, 0.2) is 6.61 Å². The van der Waals surface area contributed by atoms with Crippen LogP contribution in [0.5, 0.6) is 5.75 Å². The van der Waals surface area contributed by atoms with E-state index in [1.807, 2.05) is 30.3 Å². The number of carbonyl (C=O) groups excluding carboxylic acids is 1. The first-order chi connectivity index (χ1) is 11.1. The fourth-order valence-corrected chi connectivity index (χ4v) is 1.90. The largest absolute Gasteiger partial charge is 0.482 e. The van der Waals surface area contributed by atoms with E-state index in [0.717, 1.165) is 11.6 Å². The smallest absolute Gasteiger partial charge is 0.281 e. The molecule has 0 bridgehead atoms. The Balaban J connectivity index is 1.77. The summed E-state index contributed by atoms with van der Waals surface area (Å²) in [6.45, 7) is -0.100. The number of hydroxylamine groups is 1. The fraction of sp³-hybridized carbons (Fsp3) is 0.133. The van der Waals surface area contributed by atoms with Gasteiger partial charge in [-0.05, 0) is 11.6 Å². The van der Waals surface area contributed by atoms with Gasteiger partial charge in [0.1, 0.15) is 5.75 Å². The van der Waals surface area contributed by atoms with Crippen LogP contribution in [0.25, 0.3) is 0 Å². The number of ether oxygens (including phenoxy) is 1. The molecule has 23 heavy (non-hydrogen) atoms. The van der Waals surface area contributed by atoms with Crippen LogP contribution in [0.1, 0.15) is 5.56 Å². The Morgan fingerprint density at radius 3 is 2.61 bits per heavy atom. The molecule has 0 saturated carbocycles. The fourth-order valence-electron chi connectivity index (χ4n) is 1.67. The predicted octanol–water partition coefficient (Wildman–Crippen LogP) is 2.88. The number of rotatable bonds is 7. The zero-order valence-electron chi connectivity index (χ0n) is 11.9. The van der Waals surface area contributed by atoms with Gasteiger partial charge in [-0.2, -0.15) is 0 Å². The molecule has 0 radical (unpaired) electrons. The summed E-state index contributed by atoms with van der Waals surface area (Å²) in [5, 5.41) is 10.6. The van der Waals surface area contributed by atoms with Crippen LogP contribution in [-0.4, -0.2) is 17.4 Å². The highest BCUT2D eigenvalue weighted by atomic mass is 35.5. The lowest BCUT2D eigenvalue weighted by Gasteiger charge is -2.09. The van der Waals surface area contributed by atoms with Gasteiger partial charge in [-0.25, -0.2) is 5.48 Å². The van der Waals surface area contributed by atoms with Crippen molar-refractivity contribution < 1.29 is 19.3 Å². The minimum Gasteiger partial charge on any atom is -0.482 e. The summed E-state index contributed by atoms with van der Waals surface area (Å²) in [6, 6.07) is 13.0. The van der Waals surface area contributed by atoms with Gasteiger partial charge in [0.25, 0.3) is 11.6 Å². The van der Waals surface area contributed by atoms with Crippen LogP contribution < -0.4 is 10.2 Å². The van der Waals surface area contributed by atoms with Crippen molar-refractivity contribution in [2.24, 2.45) is 0 Å². The third-order valence-electron chi connectivity index (χ3n) is 2.75. The van der Waals surface area contributed by atoms with Crippen molar-refractivity contribution >= 4 is 23.2 Å². The second-order valence-corrected chi connectivity index (χ2v) is 4.87. The second-order valence-electron chi connectivity index (χ2n) is 4.46. The molecule has 0 spiro atoms. The van der Waals surface area contributed by atoms with Crippen LogP contribution in [-0.2, 0) is 16.2 Å². The maximum atomic E-state index is 11.6. The number of non-ortho nitro benzene ring substituents is 1. The number of benzene rings is 2. The Kier molecular flexibility index (Phi) is 5.90. The summed E-state index contributed by atoms with van der Waals surface area (Å²) < 4.78 is 5.19. The summed E-state index contributed by atoms with van der Waals surface area (Å²) in [7, 11) is 0. The number of nitrogens with one attached hydrogen (secondary N) is 1. The third kappa shape index (κ3) is 5.24. The highest BCUT2D eigenvalue weighted by Gasteiger charge is 2.11. The highest BCUT2D eigenvalue weighted by molar-refractivity contribution is 6.32. The molecule has 0 heterocycles. The summed E-state index contributed by atoms with van der Waals surface area (Å²) >= 11 is 5.85. The van der Waals surface area contributed by atoms with E-state index in [1.165, 1.54) is 12.1 Å². The lowest BCUT2D eigenvalue weighted by Crippen LogP contribution is -2.29. The van der Waals surface area contributed by atoms with E-state index in [9.17, 15) is 14.9 Å². The lowest BCUT2D eigenvalue weighted by molar-refractivity contribution is -0.384. The molecule has 120 valence electrons. The van der Waals surface area contributed by atoms with Crippen LogP contribution in [0.3, 0.4) is 0 Å². The van der Waals surface area contributed by atoms with E-state index in [2.05, 4.69) is 5.48 Å². The first-order valence-electron chi connectivity index (χ1n) is 6.57. The van der Waals surface area contributed by atoms with Gasteiger partial charge < -0.3 is 4.74 Å². The van der Waals surface area contributed by atoms with E-state index < -0.39 is 10.8 Å². The van der Waals surface area contributed by atoms with Crippen molar-refractivity contribution in [1.82, 2.24) is 5.48 Å². The molecule has 7 nitrogen and oxygen atoms in total. The lowest BCUT2D eigenvalue weighted by atomic mass is 10.2. The van der Waals surface area contributed by atoms with Gasteiger partial charge in [0.2, 0.25) is 0 Å². The zero-order chi connectivity index (χ0) is 16.7. The Bertz CT molecular complexity index is 694. The number of nitro groups is 1. The van der Waals surface area contributed by atoms with Crippen molar-refractivity contribution in [2.45, 2.75) is 6.61 Å². The molecule has 0 saturated heterocycles. The number of hydrogen-bond donors (Lipinski definition) is 1. The van der Waals surface area contributed by atoms with Crippen molar-refractivity contribution in [3.05, 3.63) is 69.2 Å². The number of carbonyl (C=O) groups is 1. The molecule has 8 heteroatoms. The Labute approximate surface area is 136 Å². The van der Waals surface area contributed by atoms with Crippen molar-refractivity contribution in [2.75, 3.05) is 6.61 Å². The van der Waals surface area contributed by atoms with Crippen LogP contribution in [0, 0.1) is 10.1 Å². The van der Waals surface area contributed by atoms with E-state index in [0.29, 0.717) is 0 Å². The normalized spacial score (nSPS) is 10.1. The van der Waals surface area contributed by atoms with E-state index >= 15 is 0 Å². The Morgan fingerprint density at radius 2 is 1.96 bits per heavy atom. The average Bonchev–Trinajstić information content (AvgIpc) is 2.54. The summed E-state index contributed by atoms with van der Waals surface area (Å²) in [5.74, 6) is -0.328. The standard InChI is InChI=1S/C15H13ClN2O5/c16-13-8-12(18(20)21)6-7-14(13)22-10-15(19)17-23-9-11-4-2-1-3-5-11/h1-8H,9-10H2,(H,17,19). The van der Waals surface area contributed by atoms with Crippen LogP contribution >= 0.6 is 11.6 Å². The van der Waals surface area contributed by atoms with Gasteiger partial charge in [0.05, 0.1) is 16.6 Å². The Hall–Kier alpha value is -2.64. The number of amides is 1. The van der Waals surface area contributed by atoms with Gasteiger partial charge >= 0.3 is 0 Å². The van der Waals surface area contributed by atoms with E-state index in [4.69, 9.17) is 21.2 Å². The number of halogens is 1. The zero-order valence-corrected chi connectivity index (χ0v) is 12.7. The molecule has 0 aliphatic heterocycles. The molecule has 0 unspecified atom stereocenters. The maximum absolute atomic E-state index is 11.6. The van der Waals surface area contributed by atoms with Crippen LogP contribution in [0.2, 0.25) is 5.02 Å². The molecule has 2 aromatic rings. The van der Waals surface area contributed by atoms with Gasteiger partial charge in [-0.3, -0.25) is 19.7 Å². The molecule has 0 atom stereocenters. The molecule has 2 aromatic carbocycles. The van der Waals surface area contributed by atoms with Gasteiger partial charge in [0, 0.05) is 12.1 Å². The molecular formula is C15H13ClN2O5. The molecular weight excluding hydrogens is 324 g/mol. The number of nitrogens with zero attached hydrogens (tertiary/aromatic N) is 1. The highest BCUT2D eigenvalue weighted by Crippen LogP contribution is 2.28. The monoisotopic (exact) mass is 336 g/mol. The topological polar surface area (TPSA) is 90.7 Å². The summed E-state index contributed by atoms with van der Waals surface area (Å²) in [5.41, 5.74) is 2.99.